The van der Waals surface area contributed by atoms with Crippen molar-refractivity contribution in [2.75, 3.05) is 0 Å². The Labute approximate surface area is 158 Å². The molecule has 0 radical (unpaired) electrons. The van der Waals surface area contributed by atoms with Gasteiger partial charge in [-0.25, -0.2) is 13.7 Å². The van der Waals surface area contributed by atoms with Crippen molar-refractivity contribution < 1.29 is 136 Å². The largest absolute Gasteiger partial charge is 1.00 e. The van der Waals surface area contributed by atoms with Crippen molar-refractivity contribution in [3.63, 3.8) is 0 Å². The van der Waals surface area contributed by atoms with Crippen LogP contribution in [0.25, 0.3) is 0 Å². The molecule has 15 N–H and O–H groups in total. The fraction of sp³-hybridized carbons (Fsp3) is 0. The predicted octanol–water partition coefficient (Wildman–Crippen LogP) is -11.0. The Hall–Kier alpha value is 2.21. The van der Waals surface area contributed by atoms with Gasteiger partial charge in [0, 0.05) is 0 Å². The average molecular weight is 396 g/mol. The summed E-state index contributed by atoms with van der Waals surface area (Å²) >= 11 is 0. The van der Waals surface area contributed by atoms with Crippen LogP contribution in [0, 0.1) is 0 Å². The van der Waals surface area contributed by atoms with E-state index in [1.807, 2.05) is 0 Å². The van der Waals surface area contributed by atoms with Crippen LogP contribution >= 0.6 is 23.5 Å². The minimum absolute atomic E-state index is 0. The molecule has 20 heteroatoms. The van der Waals surface area contributed by atoms with Crippen LogP contribution < -0.4 is 59.1 Å². The zero-order chi connectivity index (χ0) is 13.5. The molecular weight excluding hydrogens is 379 g/mol. The zero-order valence-corrected chi connectivity index (χ0v) is 16.8. The van der Waals surface area contributed by atoms with Crippen LogP contribution in [0.1, 0.15) is 2.85 Å². The summed E-state index contributed by atoms with van der Waals surface area (Å²) in [5.74, 6) is 0. The van der Waals surface area contributed by atoms with Gasteiger partial charge in [0.1, 0.15) is 0 Å². The molecule has 0 rings (SSSR count). The van der Waals surface area contributed by atoms with Gasteiger partial charge in [-0.15, -0.1) is 0 Å². The van der Waals surface area contributed by atoms with Crippen molar-refractivity contribution >= 4 is 23.5 Å². The molecule has 0 heterocycles. The molecule has 0 aromatic heterocycles. The zero-order valence-electron chi connectivity index (χ0n) is 12.1. The molecule has 0 unspecified atom stereocenters. The van der Waals surface area contributed by atoms with Crippen LogP contribution in [0.2, 0.25) is 0 Å². The molecule has 124 valence electrons. The molecule has 15 nitrogen and oxygen atoms in total. The van der Waals surface area contributed by atoms with Gasteiger partial charge in [-0.3, -0.25) is 0 Å². The normalized spacial score (nSPS) is 8.85. The van der Waals surface area contributed by atoms with E-state index in [1.165, 1.54) is 0 Å². The second kappa shape index (κ2) is 21.2. The maximum Gasteiger partial charge on any atom is 1.00 e. The van der Waals surface area contributed by atoms with Gasteiger partial charge >= 0.3 is 82.6 Å². The van der Waals surface area contributed by atoms with Crippen molar-refractivity contribution in [3.05, 3.63) is 0 Å². The molecule has 0 amide bonds. The maximum atomic E-state index is 8.88. The number of hydrogen-bond donors (Lipinski definition) is 9. The minimum Gasteiger partial charge on any atom is -1.00 e. The van der Waals surface area contributed by atoms with Crippen LogP contribution in [0.3, 0.4) is 0 Å². The fourth-order valence-corrected chi connectivity index (χ4v) is 0. The summed E-state index contributed by atoms with van der Waals surface area (Å²) < 4.78 is 26.6. The van der Waals surface area contributed by atoms with E-state index in [0.717, 1.165) is 0 Å². The van der Waals surface area contributed by atoms with E-state index >= 15 is 0 Å². The molecule has 0 fully saturated rings. The topological polar surface area (TPSA) is 328 Å². The SMILES string of the molecule is O.O.O.O=P(O)(O)O.O=P(O)(O)O.O=P(O)(O)O.[H-].[H-].[Na+].[Na+]. The second-order valence-electron chi connectivity index (χ2n) is 1.54. The number of rotatable bonds is 0. The van der Waals surface area contributed by atoms with Gasteiger partial charge in [0.25, 0.3) is 0 Å². The molecule has 0 aliphatic heterocycles. The standard InChI is InChI=1S/2Na.3H3O4P.3H2O.2H/c;;3*1-5(2,3)4;;;;;/h;;3*(H3,1,2,3,4);3*1H2;;/q2*+1;;;;;;;2*-1. The first-order valence-electron chi connectivity index (χ1n) is 2.35. The van der Waals surface area contributed by atoms with Crippen molar-refractivity contribution in [2.24, 2.45) is 0 Å². The van der Waals surface area contributed by atoms with Gasteiger partial charge in [0.2, 0.25) is 0 Å². The molecule has 0 aliphatic carbocycles. The van der Waals surface area contributed by atoms with E-state index in [9.17, 15) is 0 Å². The molecule has 0 bridgehead atoms. The van der Waals surface area contributed by atoms with Gasteiger partial charge in [-0.1, -0.05) is 0 Å². The Kier molecular flexibility index (Phi) is 52.5. The Bertz CT molecular complexity index is 217. The number of hydrogen-bond acceptors (Lipinski definition) is 3. The summed E-state index contributed by atoms with van der Waals surface area (Å²) in [4.78, 5) is 64.7. The molecule has 0 atom stereocenters. The minimum atomic E-state index is -4.64. The summed E-state index contributed by atoms with van der Waals surface area (Å²) in [7, 11) is -13.9. The van der Waals surface area contributed by atoms with Crippen LogP contribution in [0.4, 0.5) is 0 Å². The quantitative estimate of drug-likeness (QED) is 0.136. The first kappa shape index (κ1) is 49.5. The summed E-state index contributed by atoms with van der Waals surface area (Å²) in [5.41, 5.74) is 0. The molecule has 20 heavy (non-hydrogen) atoms. The smallest absolute Gasteiger partial charge is 1.00 e. The first-order chi connectivity index (χ1) is 6.00. The molecule has 0 saturated heterocycles. The molecule has 0 aromatic carbocycles. The van der Waals surface area contributed by atoms with Crippen molar-refractivity contribution in [3.8, 4) is 0 Å². The predicted molar refractivity (Wildman–Crippen MR) is 55.9 cm³/mol. The van der Waals surface area contributed by atoms with Crippen LogP contribution in [-0.2, 0) is 13.7 Å². The van der Waals surface area contributed by atoms with E-state index in [2.05, 4.69) is 0 Å². The monoisotopic (exact) mass is 396 g/mol. The summed E-state index contributed by atoms with van der Waals surface area (Å²) in [6.07, 6.45) is 0. The summed E-state index contributed by atoms with van der Waals surface area (Å²) in [5, 5.41) is 0. The molecule has 0 saturated carbocycles. The van der Waals surface area contributed by atoms with Crippen LogP contribution in [-0.4, -0.2) is 60.5 Å². The Morgan fingerprint density at radius 3 is 0.450 bits per heavy atom. The fourth-order valence-electron chi connectivity index (χ4n) is 0. The summed E-state index contributed by atoms with van der Waals surface area (Å²) in [6.45, 7) is 0. The third-order valence-electron chi connectivity index (χ3n) is 0. The molecule has 0 aromatic rings. The van der Waals surface area contributed by atoms with Crippen molar-refractivity contribution in [1.29, 1.82) is 0 Å². The average Bonchev–Trinajstić information content (AvgIpc) is 1.41. The van der Waals surface area contributed by atoms with E-state index in [4.69, 9.17) is 57.7 Å². The Balaban J connectivity index is -0.0000000106. The van der Waals surface area contributed by atoms with E-state index in [-0.39, 0.29) is 78.4 Å². The Morgan fingerprint density at radius 1 is 0.450 bits per heavy atom. The third-order valence-corrected chi connectivity index (χ3v) is 0. The van der Waals surface area contributed by atoms with E-state index < -0.39 is 23.5 Å². The van der Waals surface area contributed by atoms with Gasteiger partial charge in [0.15, 0.2) is 0 Å². The van der Waals surface area contributed by atoms with E-state index in [0.29, 0.717) is 0 Å². The van der Waals surface area contributed by atoms with Gasteiger partial charge in [-0.05, 0) is 0 Å². The first-order valence-corrected chi connectivity index (χ1v) is 7.04. The van der Waals surface area contributed by atoms with Gasteiger partial charge in [-0.2, -0.15) is 0 Å². The summed E-state index contributed by atoms with van der Waals surface area (Å²) in [6, 6.07) is 0. The van der Waals surface area contributed by atoms with Crippen LogP contribution in [0.5, 0.6) is 0 Å². The molecular formula is H17Na2O15P3. The van der Waals surface area contributed by atoms with Crippen molar-refractivity contribution in [1.82, 2.24) is 0 Å². The van der Waals surface area contributed by atoms with Gasteiger partial charge in [0.05, 0.1) is 0 Å². The number of phosphoric acid groups is 3. The maximum absolute atomic E-state index is 8.88. The molecule has 0 spiro atoms. The molecule has 0 aliphatic rings. The third kappa shape index (κ3) is 1530. The van der Waals surface area contributed by atoms with Crippen LogP contribution in [0.15, 0.2) is 0 Å². The Morgan fingerprint density at radius 2 is 0.450 bits per heavy atom. The second-order valence-corrected chi connectivity index (χ2v) is 4.62. The van der Waals surface area contributed by atoms with Crippen molar-refractivity contribution in [2.45, 2.75) is 0 Å². The van der Waals surface area contributed by atoms with E-state index in [1.54, 1.807) is 0 Å². The van der Waals surface area contributed by atoms with Gasteiger partial charge < -0.3 is 63.3 Å².